The van der Waals surface area contributed by atoms with Crippen molar-refractivity contribution in [1.82, 2.24) is 9.88 Å². The number of likely N-dealkylation sites (N-methyl/N-ethyl adjacent to an activating group) is 1. The summed E-state index contributed by atoms with van der Waals surface area (Å²) in [5.74, 6) is -5.86. The highest BCUT2D eigenvalue weighted by molar-refractivity contribution is 6.05. The first kappa shape index (κ1) is 19.5. The minimum absolute atomic E-state index is 0.0791. The van der Waals surface area contributed by atoms with Gasteiger partial charge in [-0.1, -0.05) is 0 Å². The number of phenolic OH excluding ortho intramolecular Hbond substituents is 1. The van der Waals surface area contributed by atoms with E-state index in [0.29, 0.717) is 0 Å². The highest BCUT2D eigenvalue weighted by atomic mass is 19.2. The maximum atomic E-state index is 14.7. The molecular weight excluding hydrogens is 373 g/mol. The number of aromatic nitrogens is 1. The third-order valence-electron chi connectivity index (χ3n) is 4.78. The van der Waals surface area contributed by atoms with Crippen LogP contribution < -0.4 is 5.32 Å². The Labute approximate surface area is 158 Å². The fourth-order valence-electron chi connectivity index (χ4n) is 3.38. The molecular formula is C20H17F3N2O3. The molecule has 0 unspecified atom stereocenters. The molecule has 0 aliphatic carbocycles. The molecule has 0 saturated heterocycles. The number of carbonyl (C=O) groups excluding carboxylic acids is 2. The third kappa shape index (κ3) is 2.90. The number of amides is 1. The van der Waals surface area contributed by atoms with Crippen molar-refractivity contribution in [3.05, 3.63) is 64.6 Å². The number of benzene rings is 2. The second kappa shape index (κ2) is 7.03. The number of phenols is 1. The van der Waals surface area contributed by atoms with Crippen molar-refractivity contribution >= 4 is 22.7 Å². The van der Waals surface area contributed by atoms with Gasteiger partial charge < -0.3 is 10.4 Å². The zero-order valence-corrected chi connectivity index (χ0v) is 15.3. The van der Waals surface area contributed by atoms with E-state index in [9.17, 15) is 27.9 Å². The molecule has 28 heavy (non-hydrogen) atoms. The monoisotopic (exact) mass is 390 g/mol. The summed E-state index contributed by atoms with van der Waals surface area (Å²) in [5.41, 5.74) is 0.434. The molecule has 1 aromatic heterocycles. The van der Waals surface area contributed by atoms with Gasteiger partial charge in [0.1, 0.15) is 0 Å². The van der Waals surface area contributed by atoms with Crippen molar-refractivity contribution in [2.24, 2.45) is 0 Å². The lowest BCUT2D eigenvalue weighted by Gasteiger charge is -2.12. The number of carbonyl (C=O) groups is 2. The molecule has 0 spiro atoms. The fraction of sp³-hybridized carbons (Fsp3) is 0.200. The van der Waals surface area contributed by atoms with Gasteiger partial charge in [-0.15, -0.1) is 0 Å². The summed E-state index contributed by atoms with van der Waals surface area (Å²) in [6.07, 6.45) is 0. The standard InChI is InChI=1S/C20H17F3N2O3/c1-9(19(27)24-3)16-10(2)25(14-6-7-15(26)18(23)17(14)16)20(28)11-4-5-12(21)13(22)8-11/h4-9,26H,1-3H3,(H,24,27)/t9-/m1/s1. The van der Waals surface area contributed by atoms with Crippen LogP contribution in [0.4, 0.5) is 13.2 Å². The highest BCUT2D eigenvalue weighted by Crippen LogP contribution is 2.37. The maximum absolute atomic E-state index is 14.7. The molecule has 0 saturated carbocycles. The van der Waals surface area contributed by atoms with Crippen LogP contribution >= 0.6 is 0 Å². The Morgan fingerprint density at radius 2 is 1.79 bits per heavy atom. The molecule has 0 bridgehead atoms. The lowest BCUT2D eigenvalue weighted by atomic mass is 9.96. The first-order valence-corrected chi connectivity index (χ1v) is 8.42. The van der Waals surface area contributed by atoms with E-state index in [-0.39, 0.29) is 27.7 Å². The van der Waals surface area contributed by atoms with Crippen LogP contribution in [0.3, 0.4) is 0 Å². The van der Waals surface area contributed by atoms with Crippen LogP contribution in [0.5, 0.6) is 5.75 Å². The molecule has 146 valence electrons. The van der Waals surface area contributed by atoms with Crippen LogP contribution in [0.25, 0.3) is 10.9 Å². The van der Waals surface area contributed by atoms with Crippen LogP contribution in [0.15, 0.2) is 30.3 Å². The van der Waals surface area contributed by atoms with Crippen molar-refractivity contribution in [3.8, 4) is 5.75 Å². The lowest BCUT2D eigenvalue weighted by Crippen LogP contribution is -2.24. The van der Waals surface area contributed by atoms with Crippen molar-refractivity contribution in [2.45, 2.75) is 19.8 Å². The Morgan fingerprint density at radius 3 is 2.39 bits per heavy atom. The van der Waals surface area contributed by atoms with Crippen LogP contribution in [0.1, 0.15) is 34.5 Å². The van der Waals surface area contributed by atoms with E-state index in [1.165, 1.54) is 27.0 Å². The van der Waals surface area contributed by atoms with E-state index < -0.39 is 40.9 Å². The summed E-state index contributed by atoms with van der Waals surface area (Å²) < 4.78 is 42.7. The summed E-state index contributed by atoms with van der Waals surface area (Å²) in [6.45, 7) is 3.06. The molecule has 3 rings (SSSR count). The predicted molar refractivity (Wildman–Crippen MR) is 96.9 cm³/mol. The quantitative estimate of drug-likeness (QED) is 0.718. The number of nitrogens with zero attached hydrogens (tertiary/aromatic N) is 1. The molecule has 0 radical (unpaired) electrons. The first-order chi connectivity index (χ1) is 13.2. The maximum Gasteiger partial charge on any atom is 0.262 e. The van der Waals surface area contributed by atoms with Crippen LogP contribution in [-0.2, 0) is 4.79 Å². The number of aromatic hydroxyl groups is 1. The fourth-order valence-corrected chi connectivity index (χ4v) is 3.38. The first-order valence-electron chi connectivity index (χ1n) is 8.42. The van der Waals surface area contributed by atoms with Crippen LogP contribution in [0, 0.1) is 24.4 Å². The van der Waals surface area contributed by atoms with Gasteiger partial charge in [0, 0.05) is 23.7 Å². The molecule has 2 aromatic carbocycles. The molecule has 0 aliphatic heterocycles. The summed E-state index contributed by atoms with van der Waals surface area (Å²) >= 11 is 0. The molecule has 2 N–H and O–H groups in total. The molecule has 3 aromatic rings. The van der Waals surface area contributed by atoms with E-state index in [2.05, 4.69) is 5.32 Å². The van der Waals surface area contributed by atoms with E-state index in [4.69, 9.17) is 0 Å². The van der Waals surface area contributed by atoms with Gasteiger partial charge >= 0.3 is 0 Å². The summed E-state index contributed by atoms with van der Waals surface area (Å²) in [6, 6.07) is 5.11. The number of halogens is 3. The van der Waals surface area contributed by atoms with Crippen molar-refractivity contribution in [3.63, 3.8) is 0 Å². The molecule has 0 aliphatic rings. The largest absolute Gasteiger partial charge is 0.505 e. The third-order valence-corrected chi connectivity index (χ3v) is 4.78. The summed E-state index contributed by atoms with van der Waals surface area (Å²) in [7, 11) is 1.42. The van der Waals surface area contributed by atoms with E-state index >= 15 is 0 Å². The Balaban J connectivity index is 2.33. The average molecular weight is 390 g/mol. The van der Waals surface area contributed by atoms with Gasteiger partial charge in [0.2, 0.25) is 5.91 Å². The smallest absolute Gasteiger partial charge is 0.262 e. The molecule has 1 heterocycles. The molecule has 8 heteroatoms. The second-order valence-electron chi connectivity index (χ2n) is 6.40. The number of nitrogens with one attached hydrogen (secondary N) is 1. The van der Waals surface area contributed by atoms with E-state index in [0.717, 1.165) is 28.8 Å². The Kier molecular flexibility index (Phi) is 4.89. The highest BCUT2D eigenvalue weighted by Gasteiger charge is 2.29. The predicted octanol–water partition coefficient (Wildman–Crippen LogP) is 3.61. The Morgan fingerprint density at radius 1 is 1.11 bits per heavy atom. The lowest BCUT2D eigenvalue weighted by molar-refractivity contribution is -0.121. The minimum atomic E-state index is -1.19. The van der Waals surface area contributed by atoms with Gasteiger partial charge in [0.05, 0.1) is 11.4 Å². The number of fused-ring (bicyclic) bond motifs is 1. The Hall–Kier alpha value is -3.29. The summed E-state index contributed by atoms with van der Waals surface area (Å²) in [4.78, 5) is 25.2. The van der Waals surface area contributed by atoms with Gasteiger partial charge in [-0.25, -0.2) is 13.2 Å². The van der Waals surface area contributed by atoms with Gasteiger partial charge in [-0.05, 0) is 49.7 Å². The van der Waals surface area contributed by atoms with Gasteiger partial charge in [0.15, 0.2) is 23.2 Å². The topological polar surface area (TPSA) is 71.3 Å². The van der Waals surface area contributed by atoms with E-state index in [1.54, 1.807) is 0 Å². The molecule has 1 atom stereocenters. The van der Waals surface area contributed by atoms with Crippen LogP contribution in [0.2, 0.25) is 0 Å². The summed E-state index contributed by atoms with van der Waals surface area (Å²) in [5, 5.41) is 12.2. The van der Waals surface area contributed by atoms with Gasteiger partial charge in [0.25, 0.3) is 5.91 Å². The number of hydrogen-bond acceptors (Lipinski definition) is 3. The van der Waals surface area contributed by atoms with E-state index in [1.807, 2.05) is 0 Å². The van der Waals surface area contributed by atoms with Crippen molar-refractivity contribution in [1.29, 1.82) is 0 Å². The molecule has 0 fully saturated rings. The zero-order chi connectivity index (χ0) is 20.7. The van der Waals surface area contributed by atoms with Crippen molar-refractivity contribution in [2.75, 3.05) is 7.05 Å². The Bertz CT molecular complexity index is 1120. The zero-order valence-electron chi connectivity index (χ0n) is 15.3. The van der Waals surface area contributed by atoms with Gasteiger partial charge in [-0.2, -0.15) is 0 Å². The number of hydrogen-bond donors (Lipinski definition) is 2. The second-order valence-corrected chi connectivity index (χ2v) is 6.40. The minimum Gasteiger partial charge on any atom is -0.505 e. The molecule has 5 nitrogen and oxygen atoms in total. The SMILES string of the molecule is CNC(=O)[C@H](C)c1c(C)n(C(=O)c2ccc(F)c(F)c2)c2ccc(O)c(F)c12. The van der Waals surface area contributed by atoms with Crippen molar-refractivity contribution < 1.29 is 27.9 Å². The van der Waals surface area contributed by atoms with Crippen LogP contribution in [-0.4, -0.2) is 28.5 Å². The van der Waals surface area contributed by atoms with Gasteiger partial charge in [-0.3, -0.25) is 14.2 Å². The average Bonchev–Trinajstić information content (AvgIpc) is 2.97. The normalized spacial score (nSPS) is 12.2. The molecule has 1 amide bonds. The number of rotatable bonds is 3.